The fraction of sp³-hybridized carbons (Fsp3) is 0.222. The Morgan fingerprint density at radius 2 is 1.79 bits per heavy atom. The van der Waals surface area contributed by atoms with Crippen molar-refractivity contribution >= 4 is 55.8 Å². The summed E-state index contributed by atoms with van der Waals surface area (Å²) in [6.07, 6.45) is 0. The smallest absolute Gasteiger partial charge is 0.321 e. The number of nitro groups is 1. The predicted molar refractivity (Wildman–Crippen MR) is 111 cm³/mol. The number of benzene rings is 2. The van der Waals surface area contributed by atoms with Crippen molar-refractivity contribution in [2.75, 3.05) is 5.32 Å². The number of fused-ring (bicyclic) bond motifs is 1. The topological polar surface area (TPSA) is 99.2 Å². The van der Waals surface area contributed by atoms with Gasteiger partial charge in [0.05, 0.1) is 32.2 Å². The molecule has 1 heterocycles. The van der Waals surface area contributed by atoms with Gasteiger partial charge in [-0.05, 0) is 48.0 Å². The fourth-order valence-corrected chi connectivity index (χ4v) is 3.67. The average Bonchev–Trinajstić information content (AvgIpc) is 2.91. The van der Waals surface area contributed by atoms with Crippen molar-refractivity contribution in [1.29, 1.82) is 0 Å². The fourth-order valence-electron chi connectivity index (χ4n) is 3.03. The Kier molecular flexibility index (Phi) is 5.57. The van der Waals surface area contributed by atoms with Gasteiger partial charge in [-0.25, -0.2) is 4.79 Å². The normalized spacial score (nSPS) is 11.0. The number of amides is 1. The van der Waals surface area contributed by atoms with Crippen molar-refractivity contribution in [3.05, 3.63) is 66.0 Å². The van der Waals surface area contributed by atoms with Crippen LogP contribution in [-0.4, -0.2) is 20.0 Å². The molecular weight excluding hydrogens is 452 g/mol. The van der Waals surface area contributed by atoms with E-state index in [0.29, 0.717) is 28.8 Å². The van der Waals surface area contributed by atoms with E-state index in [4.69, 9.17) is 11.6 Å². The number of anilines is 1. The summed E-state index contributed by atoms with van der Waals surface area (Å²) in [4.78, 5) is 35.5. The van der Waals surface area contributed by atoms with Crippen molar-refractivity contribution in [2.45, 2.75) is 26.9 Å². The number of carbonyl (C=O) groups is 1. The third-order valence-corrected chi connectivity index (χ3v) is 5.38. The van der Waals surface area contributed by atoms with Crippen LogP contribution >= 0.6 is 27.5 Å². The van der Waals surface area contributed by atoms with E-state index in [1.165, 1.54) is 12.1 Å². The van der Waals surface area contributed by atoms with Crippen LogP contribution in [0.4, 0.5) is 11.4 Å². The predicted octanol–water partition coefficient (Wildman–Crippen LogP) is 4.42. The largest absolute Gasteiger partial charge is 0.329 e. The summed E-state index contributed by atoms with van der Waals surface area (Å²) in [6.45, 7) is 4.75. The highest BCUT2D eigenvalue weighted by Gasteiger charge is 2.19. The molecule has 0 atom stereocenters. The quantitative estimate of drug-likeness (QED) is 0.443. The summed E-state index contributed by atoms with van der Waals surface area (Å²) in [7, 11) is 0. The van der Waals surface area contributed by atoms with E-state index in [-0.39, 0.29) is 22.0 Å². The maximum atomic E-state index is 12.7. The molecule has 28 heavy (non-hydrogen) atoms. The highest BCUT2D eigenvalue weighted by atomic mass is 79.9. The third-order valence-electron chi connectivity index (χ3n) is 4.39. The van der Waals surface area contributed by atoms with Gasteiger partial charge < -0.3 is 5.32 Å². The summed E-state index contributed by atoms with van der Waals surface area (Å²) < 4.78 is 3.83. The summed E-state index contributed by atoms with van der Waals surface area (Å²) in [5, 5.41) is 13.8. The Labute approximate surface area is 173 Å². The second-order valence-electron chi connectivity index (χ2n) is 5.97. The van der Waals surface area contributed by atoms with Gasteiger partial charge in [0.1, 0.15) is 0 Å². The van der Waals surface area contributed by atoms with Gasteiger partial charge >= 0.3 is 5.69 Å². The van der Waals surface area contributed by atoms with Gasteiger partial charge in [0.25, 0.3) is 11.6 Å². The van der Waals surface area contributed by atoms with E-state index < -0.39 is 10.8 Å². The molecule has 2 aromatic carbocycles. The van der Waals surface area contributed by atoms with Gasteiger partial charge in [0.15, 0.2) is 0 Å². The van der Waals surface area contributed by atoms with Gasteiger partial charge in [-0.3, -0.25) is 24.0 Å². The van der Waals surface area contributed by atoms with Crippen LogP contribution in [0.3, 0.4) is 0 Å². The number of hydrogen-bond donors (Lipinski definition) is 1. The zero-order valence-electron chi connectivity index (χ0n) is 15.0. The number of imidazole rings is 1. The van der Waals surface area contributed by atoms with Crippen molar-refractivity contribution < 1.29 is 9.72 Å². The average molecular weight is 468 g/mol. The van der Waals surface area contributed by atoms with E-state index in [1.807, 2.05) is 13.8 Å². The first-order valence-corrected chi connectivity index (χ1v) is 9.63. The van der Waals surface area contributed by atoms with E-state index in [1.54, 1.807) is 21.3 Å². The number of hydrogen-bond acceptors (Lipinski definition) is 4. The minimum absolute atomic E-state index is 0.0122. The van der Waals surface area contributed by atoms with Crippen LogP contribution in [0.25, 0.3) is 11.0 Å². The van der Waals surface area contributed by atoms with Crippen LogP contribution in [0.1, 0.15) is 24.2 Å². The van der Waals surface area contributed by atoms with E-state index in [2.05, 4.69) is 21.2 Å². The van der Waals surface area contributed by atoms with Crippen LogP contribution < -0.4 is 11.0 Å². The summed E-state index contributed by atoms with van der Waals surface area (Å²) in [5.41, 5.74) is 1.48. The molecule has 1 N–H and O–H groups in total. The lowest BCUT2D eigenvalue weighted by molar-refractivity contribution is -0.384. The molecule has 0 saturated heterocycles. The van der Waals surface area contributed by atoms with E-state index >= 15 is 0 Å². The summed E-state index contributed by atoms with van der Waals surface area (Å²) in [5.74, 6) is -0.589. The first kappa shape index (κ1) is 20.1. The number of non-ortho nitro benzene ring substituents is 1. The minimum Gasteiger partial charge on any atom is -0.321 e. The van der Waals surface area contributed by atoms with Crippen LogP contribution in [-0.2, 0) is 13.1 Å². The number of aromatic nitrogens is 2. The number of rotatable bonds is 5. The van der Waals surface area contributed by atoms with Gasteiger partial charge in [0, 0.05) is 29.7 Å². The molecule has 8 nitrogen and oxygen atoms in total. The number of halogens is 2. The van der Waals surface area contributed by atoms with E-state index in [9.17, 15) is 19.7 Å². The molecule has 0 aliphatic heterocycles. The number of nitrogens with one attached hydrogen (secondary N) is 1. The van der Waals surface area contributed by atoms with E-state index in [0.717, 1.165) is 11.6 Å². The van der Waals surface area contributed by atoms with Crippen LogP contribution in [0.5, 0.6) is 0 Å². The molecule has 1 aromatic heterocycles. The molecule has 0 aliphatic carbocycles. The Balaban J connectivity index is 2.07. The standard InChI is InChI=1S/C18H16BrClN4O4/c1-3-22-15-8-12(19)14(9-16(15)23(4-2)18(22)26)21-17(25)11-7-10(24(27)28)5-6-13(11)20/h5-9H,3-4H2,1-2H3,(H,21,25). The maximum Gasteiger partial charge on any atom is 0.329 e. The molecule has 3 rings (SSSR count). The number of nitro benzene ring substituents is 1. The van der Waals surface area contributed by atoms with Crippen molar-refractivity contribution in [3.8, 4) is 0 Å². The third kappa shape index (κ3) is 3.43. The van der Waals surface area contributed by atoms with Crippen molar-refractivity contribution in [2.24, 2.45) is 0 Å². The molecule has 0 saturated carbocycles. The van der Waals surface area contributed by atoms with Gasteiger partial charge in [0.2, 0.25) is 0 Å². The molecular formula is C18H16BrClN4O4. The molecule has 0 radical (unpaired) electrons. The molecule has 0 bridgehead atoms. The molecule has 1 amide bonds. The van der Waals surface area contributed by atoms with Gasteiger partial charge in [-0.1, -0.05) is 11.6 Å². The second kappa shape index (κ2) is 7.76. The molecule has 10 heteroatoms. The SMILES string of the molecule is CCn1c(=O)n(CC)c2cc(NC(=O)c3cc([N+](=O)[O-])ccc3Cl)c(Br)cc21. The molecule has 0 aliphatic rings. The summed E-state index contributed by atoms with van der Waals surface area (Å²) >= 11 is 9.46. The number of carbonyl (C=O) groups excluding carboxylic acids is 1. The summed E-state index contributed by atoms with van der Waals surface area (Å²) in [6, 6.07) is 7.12. The molecule has 0 spiro atoms. The second-order valence-corrected chi connectivity index (χ2v) is 7.23. The van der Waals surface area contributed by atoms with Crippen LogP contribution in [0.2, 0.25) is 5.02 Å². The Morgan fingerprint density at radius 1 is 1.18 bits per heavy atom. The lowest BCUT2D eigenvalue weighted by Crippen LogP contribution is -2.23. The Hall–Kier alpha value is -2.65. The van der Waals surface area contributed by atoms with Gasteiger partial charge in [-0.2, -0.15) is 0 Å². The van der Waals surface area contributed by atoms with Gasteiger partial charge in [-0.15, -0.1) is 0 Å². The zero-order valence-corrected chi connectivity index (χ0v) is 17.4. The zero-order chi connectivity index (χ0) is 20.6. The maximum absolute atomic E-state index is 12.7. The molecule has 146 valence electrons. The first-order valence-electron chi connectivity index (χ1n) is 8.46. The highest BCUT2D eigenvalue weighted by Crippen LogP contribution is 2.30. The lowest BCUT2D eigenvalue weighted by atomic mass is 10.1. The molecule has 0 fully saturated rings. The molecule has 3 aromatic rings. The van der Waals surface area contributed by atoms with Crippen molar-refractivity contribution in [1.82, 2.24) is 9.13 Å². The van der Waals surface area contributed by atoms with Crippen LogP contribution in [0, 0.1) is 10.1 Å². The number of nitrogens with zero attached hydrogens (tertiary/aromatic N) is 3. The van der Waals surface area contributed by atoms with Crippen molar-refractivity contribution in [3.63, 3.8) is 0 Å². The van der Waals surface area contributed by atoms with Crippen LogP contribution in [0.15, 0.2) is 39.6 Å². The Morgan fingerprint density at radius 3 is 2.36 bits per heavy atom. The lowest BCUT2D eigenvalue weighted by Gasteiger charge is -2.10. The number of aryl methyl sites for hydroxylation is 2. The highest BCUT2D eigenvalue weighted by molar-refractivity contribution is 9.10. The first-order chi connectivity index (χ1) is 13.3. The monoisotopic (exact) mass is 466 g/mol. The molecule has 0 unspecified atom stereocenters. The Bertz CT molecular complexity index is 1170. The minimum atomic E-state index is -0.595.